The van der Waals surface area contributed by atoms with Gasteiger partial charge in [0.25, 0.3) is 0 Å². The van der Waals surface area contributed by atoms with Crippen molar-refractivity contribution in [2.24, 2.45) is 0 Å². The van der Waals surface area contributed by atoms with Crippen molar-refractivity contribution in [2.45, 2.75) is 0 Å². The van der Waals surface area contributed by atoms with Crippen molar-refractivity contribution in [1.29, 1.82) is 0 Å². The molecule has 2 aromatic carbocycles. The number of rotatable bonds is 2. The van der Waals surface area contributed by atoms with Gasteiger partial charge < -0.3 is 0 Å². The molecule has 0 N–H and O–H groups in total. The largest absolute Gasteiger partial charge is 0.172 e. The van der Waals surface area contributed by atoms with Gasteiger partial charge in [0, 0.05) is 11.1 Å². The van der Waals surface area contributed by atoms with Gasteiger partial charge in [0.2, 0.25) is 0 Å². The quantitative estimate of drug-likeness (QED) is 0.679. The van der Waals surface area contributed by atoms with Gasteiger partial charge in [0.05, 0.1) is 11.7 Å². The average Bonchev–Trinajstić information content (AvgIpc) is 2.90. The third-order valence-electron chi connectivity index (χ3n) is 2.53. The first-order valence-electron chi connectivity index (χ1n) is 5.29. The van der Waals surface area contributed by atoms with Crippen molar-refractivity contribution in [3.8, 4) is 22.5 Å². The number of nitrogens with zero attached hydrogens (tertiary/aromatic N) is 2. The van der Waals surface area contributed by atoms with Crippen LogP contribution >= 0.6 is 11.7 Å². The molecule has 0 aliphatic heterocycles. The van der Waals surface area contributed by atoms with Crippen molar-refractivity contribution >= 4 is 11.7 Å². The van der Waals surface area contributed by atoms with Gasteiger partial charge in [0.15, 0.2) is 0 Å². The number of hydrogen-bond donors (Lipinski definition) is 0. The number of hydrogen-bond acceptors (Lipinski definition) is 3. The predicted molar refractivity (Wildman–Crippen MR) is 69.6 cm³/mol. The molecule has 0 amide bonds. The van der Waals surface area contributed by atoms with Crippen LogP contribution in [0.5, 0.6) is 0 Å². The first-order valence-corrected chi connectivity index (χ1v) is 6.02. The summed E-state index contributed by atoms with van der Waals surface area (Å²) in [5.41, 5.74) is 4.07. The lowest BCUT2D eigenvalue weighted by atomic mass is 10.1. The summed E-state index contributed by atoms with van der Waals surface area (Å²) in [6.45, 7) is 0. The van der Waals surface area contributed by atoms with Crippen molar-refractivity contribution < 1.29 is 0 Å². The molecule has 3 rings (SSSR count). The summed E-state index contributed by atoms with van der Waals surface area (Å²) in [5.74, 6) is 0. The Morgan fingerprint density at radius 3 is 2.00 bits per heavy atom. The van der Waals surface area contributed by atoms with Gasteiger partial charge in [-0.2, -0.15) is 8.75 Å². The zero-order valence-corrected chi connectivity index (χ0v) is 9.82. The van der Waals surface area contributed by atoms with Crippen LogP contribution in [0.4, 0.5) is 0 Å². The lowest BCUT2D eigenvalue weighted by molar-refractivity contribution is 1.47. The Kier molecular flexibility index (Phi) is 2.68. The second-order valence-electron chi connectivity index (χ2n) is 3.62. The normalized spacial score (nSPS) is 10.4. The van der Waals surface area contributed by atoms with Crippen LogP contribution in [0.15, 0.2) is 54.6 Å². The number of benzene rings is 2. The molecule has 0 spiro atoms. The van der Waals surface area contributed by atoms with E-state index in [1.165, 1.54) is 11.7 Å². The van der Waals surface area contributed by atoms with E-state index in [1.54, 1.807) is 0 Å². The molecule has 0 unspecified atom stereocenters. The fourth-order valence-corrected chi connectivity index (χ4v) is 2.30. The van der Waals surface area contributed by atoms with Crippen LogP contribution in [0.3, 0.4) is 0 Å². The summed E-state index contributed by atoms with van der Waals surface area (Å²) in [5, 5.41) is 0. The maximum atomic E-state index is 4.38. The molecule has 81 valence electrons. The van der Waals surface area contributed by atoms with Gasteiger partial charge in [-0.3, -0.25) is 0 Å². The zero-order chi connectivity index (χ0) is 11.5. The highest BCUT2D eigenvalue weighted by Crippen LogP contribution is 2.29. The van der Waals surface area contributed by atoms with E-state index in [-0.39, 0.29) is 0 Å². The Bertz CT molecular complexity index is 548. The van der Waals surface area contributed by atoms with E-state index < -0.39 is 0 Å². The first-order chi connectivity index (χ1) is 8.45. The van der Waals surface area contributed by atoms with Crippen LogP contribution in [-0.2, 0) is 0 Å². The summed E-state index contributed by atoms with van der Waals surface area (Å²) in [4.78, 5) is 0. The summed E-state index contributed by atoms with van der Waals surface area (Å²) < 4.78 is 8.76. The van der Waals surface area contributed by atoms with Crippen LogP contribution in [0.1, 0.15) is 0 Å². The summed E-state index contributed by atoms with van der Waals surface area (Å²) in [6.07, 6.45) is 0. The van der Waals surface area contributed by atoms with E-state index in [0.29, 0.717) is 0 Å². The SMILES string of the molecule is [c]1ccc(-c2nsnc2-c2ccccc2)cc1. The van der Waals surface area contributed by atoms with Gasteiger partial charge in [-0.25, -0.2) is 0 Å². The van der Waals surface area contributed by atoms with Gasteiger partial charge >= 0.3 is 0 Å². The summed E-state index contributed by atoms with van der Waals surface area (Å²) in [6, 6.07) is 20.9. The average molecular weight is 237 g/mol. The topological polar surface area (TPSA) is 25.8 Å². The minimum atomic E-state index is 0.940. The molecule has 3 heteroatoms. The maximum absolute atomic E-state index is 4.38. The van der Waals surface area contributed by atoms with Crippen LogP contribution in [0.2, 0.25) is 0 Å². The standard InChI is InChI=1S/C14H9N2S/c1-3-7-11(8-4-1)13-14(16-17-15-13)12-9-5-2-6-10-12/h1,3-10H. The molecule has 0 bridgehead atoms. The molecule has 2 nitrogen and oxygen atoms in total. The van der Waals surface area contributed by atoms with E-state index in [0.717, 1.165) is 22.5 Å². The van der Waals surface area contributed by atoms with E-state index in [4.69, 9.17) is 0 Å². The Hall–Kier alpha value is -2.00. The van der Waals surface area contributed by atoms with Gasteiger partial charge in [-0.15, -0.1) is 0 Å². The molecule has 1 aromatic heterocycles. The van der Waals surface area contributed by atoms with Crippen molar-refractivity contribution in [1.82, 2.24) is 8.75 Å². The highest BCUT2D eigenvalue weighted by atomic mass is 32.1. The van der Waals surface area contributed by atoms with Crippen molar-refractivity contribution in [3.05, 3.63) is 60.7 Å². The van der Waals surface area contributed by atoms with Gasteiger partial charge in [-0.1, -0.05) is 54.6 Å². The molecule has 1 heterocycles. The lowest BCUT2D eigenvalue weighted by Crippen LogP contribution is -1.83. The highest BCUT2D eigenvalue weighted by molar-refractivity contribution is 6.99. The Morgan fingerprint density at radius 1 is 0.765 bits per heavy atom. The molecular formula is C14H9N2S. The van der Waals surface area contributed by atoms with E-state index >= 15 is 0 Å². The van der Waals surface area contributed by atoms with Crippen molar-refractivity contribution in [2.75, 3.05) is 0 Å². The molecule has 1 radical (unpaired) electrons. The van der Waals surface area contributed by atoms with Crippen LogP contribution in [0.25, 0.3) is 22.5 Å². The Morgan fingerprint density at radius 2 is 1.35 bits per heavy atom. The molecule has 0 fully saturated rings. The smallest absolute Gasteiger partial charge is 0.112 e. The van der Waals surface area contributed by atoms with Gasteiger partial charge in [0.1, 0.15) is 11.4 Å². The van der Waals surface area contributed by atoms with E-state index in [9.17, 15) is 0 Å². The monoisotopic (exact) mass is 237 g/mol. The van der Waals surface area contributed by atoms with Crippen LogP contribution in [-0.4, -0.2) is 8.75 Å². The fourth-order valence-electron chi connectivity index (χ4n) is 1.71. The third kappa shape index (κ3) is 1.97. The van der Waals surface area contributed by atoms with Crippen molar-refractivity contribution in [3.63, 3.8) is 0 Å². The molecule has 0 aliphatic carbocycles. The highest BCUT2D eigenvalue weighted by Gasteiger charge is 2.11. The fraction of sp³-hybridized carbons (Fsp3) is 0. The zero-order valence-electron chi connectivity index (χ0n) is 9.00. The van der Waals surface area contributed by atoms with E-state index in [1.807, 2.05) is 42.5 Å². The molecule has 0 saturated carbocycles. The van der Waals surface area contributed by atoms with Gasteiger partial charge in [-0.05, 0) is 6.07 Å². The Labute approximate surface area is 104 Å². The van der Waals surface area contributed by atoms with Crippen LogP contribution in [0, 0.1) is 6.07 Å². The molecule has 0 aliphatic rings. The second kappa shape index (κ2) is 4.47. The Balaban J connectivity index is 2.13. The molecular weight excluding hydrogens is 228 g/mol. The summed E-state index contributed by atoms with van der Waals surface area (Å²) >= 11 is 1.25. The molecule has 17 heavy (non-hydrogen) atoms. The number of aromatic nitrogens is 2. The molecule has 0 saturated heterocycles. The molecule has 3 aromatic rings. The molecule has 0 atom stereocenters. The minimum Gasteiger partial charge on any atom is -0.172 e. The first kappa shape index (κ1) is 10.2. The lowest BCUT2D eigenvalue weighted by Gasteiger charge is -2.00. The third-order valence-corrected chi connectivity index (χ3v) is 3.06. The predicted octanol–water partition coefficient (Wildman–Crippen LogP) is 3.67. The maximum Gasteiger partial charge on any atom is 0.112 e. The minimum absolute atomic E-state index is 0.940. The van der Waals surface area contributed by atoms with E-state index in [2.05, 4.69) is 26.9 Å². The second-order valence-corrected chi connectivity index (χ2v) is 4.14. The summed E-state index contributed by atoms with van der Waals surface area (Å²) in [7, 11) is 0. The van der Waals surface area contributed by atoms with Crippen LogP contribution < -0.4 is 0 Å².